The molecule has 0 aliphatic carbocycles. The Morgan fingerprint density at radius 3 is 2.50 bits per heavy atom. The zero-order chi connectivity index (χ0) is 10.8. The maximum Gasteiger partial charge on any atom is 0.0852 e. The van der Waals surface area contributed by atoms with Crippen molar-refractivity contribution in [3.63, 3.8) is 0 Å². The first-order chi connectivity index (χ1) is 6.41. The smallest absolute Gasteiger partial charge is 0.0852 e. The van der Waals surface area contributed by atoms with Gasteiger partial charge in [-0.3, -0.25) is 4.98 Å². The summed E-state index contributed by atoms with van der Waals surface area (Å²) in [6, 6.07) is 0. The van der Waals surface area contributed by atoms with Crippen molar-refractivity contribution in [2.75, 3.05) is 0 Å². The predicted octanol–water partition coefficient (Wildman–Crippen LogP) is 1.45. The third-order valence-electron chi connectivity index (χ3n) is 2.15. The first-order valence-corrected chi connectivity index (χ1v) is 5.52. The van der Waals surface area contributed by atoms with Gasteiger partial charge in [0.1, 0.15) is 0 Å². The van der Waals surface area contributed by atoms with Gasteiger partial charge in [-0.05, 0) is 5.41 Å². The van der Waals surface area contributed by atoms with Gasteiger partial charge < -0.3 is 10.2 Å². The van der Waals surface area contributed by atoms with Crippen LogP contribution in [0.4, 0.5) is 0 Å². The lowest BCUT2D eigenvalue weighted by Gasteiger charge is -2.29. The van der Waals surface area contributed by atoms with Gasteiger partial charge in [-0.1, -0.05) is 20.8 Å². The maximum absolute atomic E-state index is 9.79. The quantitative estimate of drug-likeness (QED) is 0.802. The molecule has 0 aliphatic heterocycles. The molecule has 2 N–H and O–H groups in total. The van der Waals surface area contributed by atoms with Crippen LogP contribution in [0.2, 0.25) is 0 Å². The van der Waals surface area contributed by atoms with E-state index in [1.54, 1.807) is 11.7 Å². The number of aliphatic hydroxyl groups excluding tert-OH is 2. The van der Waals surface area contributed by atoms with Crippen molar-refractivity contribution < 1.29 is 10.2 Å². The molecule has 2 unspecified atom stereocenters. The molecule has 1 heterocycles. The minimum atomic E-state index is -0.713. The minimum Gasteiger partial charge on any atom is -0.390 e. The Hall–Kier alpha value is -0.450. The number of nitrogens with zero attached hydrogens (tertiary/aromatic N) is 1. The highest BCUT2D eigenvalue weighted by Gasteiger charge is 2.29. The van der Waals surface area contributed by atoms with E-state index in [4.69, 9.17) is 0 Å². The Bertz CT molecular complexity index is 266. The molecule has 0 fully saturated rings. The average molecular weight is 215 g/mol. The summed E-state index contributed by atoms with van der Waals surface area (Å²) in [5.41, 5.74) is 1.44. The first-order valence-electron chi connectivity index (χ1n) is 4.65. The summed E-state index contributed by atoms with van der Waals surface area (Å²) in [5.74, 6) is 0. The second-order valence-corrected chi connectivity index (χ2v) is 5.52. The molecule has 1 rings (SSSR count). The van der Waals surface area contributed by atoms with Crippen molar-refractivity contribution in [2.24, 2.45) is 5.41 Å². The summed E-state index contributed by atoms with van der Waals surface area (Å²) in [7, 11) is 0. The van der Waals surface area contributed by atoms with E-state index >= 15 is 0 Å². The number of hydrogen-bond donors (Lipinski definition) is 2. The molecule has 0 saturated heterocycles. The summed E-state index contributed by atoms with van der Waals surface area (Å²) in [4.78, 5) is 4.92. The summed E-state index contributed by atoms with van der Waals surface area (Å²) >= 11 is 1.50. The van der Waals surface area contributed by atoms with Crippen molar-refractivity contribution in [3.8, 4) is 0 Å². The summed E-state index contributed by atoms with van der Waals surface area (Å²) < 4.78 is 0. The Kier molecular flexibility index (Phi) is 3.64. The van der Waals surface area contributed by atoms with Gasteiger partial charge in [0, 0.05) is 17.5 Å². The van der Waals surface area contributed by atoms with E-state index in [1.165, 1.54) is 11.3 Å². The van der Waals surface area contributed by atoms with E-state index in [0.717, 1.165) is 4.88 Å². The second-order valence-electron chi connectivity index (χ2n) is 4.55. The van der Waals surface area contributed by atoms with Crippen molar-refractivity contribution in [2.45, 2.75) is 39.4 Å². The van der Waals surface area contributed by atoms with Crippen LogP contribution in [0, 0.1) is 5.41 Å². The lowest BCUT2D eigenvalue weighted by molar-refractivity contribution is -0.0430. The van der Waals surface area contributed by atoms with E-state index in [-0.39, 0.29) is 5.41 Å². The first kappa shape index (κ1) is 11.6. The number of rotatable bonds is 3. The molecular weight excluding hydrogens is 198 g/mol. The van der Waals surface area contributed by atoms with Crippen LogP contribution in [-0.4, -0.2) is 27.4 Å². The second kappa shape index (κ2) is 4.38. The van der Waals surface area contributed by atoms with Crippen LogP contribution >= 0.6 is 11.3 Å². The van der Waals surface area contributed by atoms with Crippen LogP contribution in [-0.2, 0) is 6.42 Å². The topological polar surface area (TPSA) is 53.4 Å². The molecule has 0 bridgehead atoms. The van der Waals surface area contributed by atoms with Crippen LogP contribution < -0.4 is 0 Å². The van der Waals surface area contributed by atoms with Crippen LogP contribution in [0.15, 0.2) is 11.7 Å². The minimum absolute atomic E-state index is 0.288. The van der Waals surface area contributed by atoms with Crippen molar-refractivity contribution >= 4 is 11.3 Å². The molecule has 3 nitrogen and oxygen atoms in total. The van der Waals surface area contributed by atoms with Crippen LogP contribution in [0.5, 0.6) is 0 Å². The maximum atomic E-state index is 9.79. The number of hydrogen-bond acceptors (Lipinski definition) is 4. The zero-order valence-corrected chi connectivity index (χ0v) is 9.58. The number of thiazole rings is 1. The van der Waals surface area contributed by atoms with Gasteiger partial charge in [0.2, 0.25) is 0 Å². The highest BCUT2D eigenvalue weighted by molar-refractivity contribution is 7.09. The Morgan fingerprint density at radius 1 is 1.43 bits per heavy atom. The molecule has 0 spiro atoms. The van der Waals surface area contributed by atoms with Gasteiger partial charge in [-0.25, -0.2) is 0 Å². The van der Waals surface area contributed by atoms with E-state index in [1.807, 2.05) is 20.8 Å². The highest BCUT2D eigenvalue weighted by atomic mass is 32.1. The van der Waals surface area contributed by atoms with Gasteiger partial charge >= 0.3 is 0 Å². The molecule has 2 atom stereocenters. The largest absolute Gasteiger partial charge is 0.390 e. The van der Waals surface area contributed by atoms with Crippen molar-refractivity contribution in [1.82, 2.24) is 4.98 Å². The Morgan fingerprint density at radius 2 is 2.07 bits per heavy atom. The molecule has 1 aromatic heterocycles. The van der Waals surface area contributed by atoms with Gasteiger partial charge in [0.15, 0.2) is 0 Å². The molecular formula is C10H17NO2S. The summed E-state index contributed by atoms with van der Waals surface area (Å²) in [6.45, 7) is 5.73. The fourth-order valence-electron chi connectivity index (χ4n) is 1.24. The molecule has 0 saturated carbocycles. The lowest BCUT2D eigenvalue weighted by Crippen LogP contribution is -2.38. The summed E-state index contributed by atoms with van der Waals surface area (Å²) in [5, 5.41) is 19.5. The number of aliphatic hydroxyl groups is 2. The fraction of sp³-hybridized carbons (Fsp3) is 0.700. The van der Waals surface area contributed by atoms with Gasteiger partial charge in [-0.15, -0.1) is 11.3 Å². The fourth-order valence-corrected chi connectivity index (χ4v) is 1.88. The molecule has 0 radical (unpaired) electrons. The third kappa shape index (κ3) is 3.04. The molecule has 0 amide bonds. The van der Waals surface area contributed by atoms with Gasteiger partial charge in [-0.2, -0.15) is 0 Å². The Labute approximate surface area is 88.4 Å². The van der Waals surface area contributed by atoms with Gasteiger partial charge in [0.05, 0.1) is 17.7 Å². The molecule has 14 heavy (non-hydrogen) atoms. The summed E-state index contributed by atoms with van der Waals surface area (Å²) in [6.07, 6.45) is 0.784. The van der Waals surface area contributed by atoms with E-state index in [2.05, 4.69) is 4.98 Å². The van der Waals surface area contributed by atoms with Crippen LogP contribution in [0.25, 0.3) is 0 Å². The van der Waals surface area contributed by atoms with E-state index in [0.29, 0.717) is 6.42 Å². The van der Waals surface area contributed by atoms with Gasteiger partial charge in [0.25, 0.3) is 0 Å². The number of aromatic nitrogens is 1. The normalized spacial score (nSPS) is 16.6. The van der Waals surface area contributed by atoms with Crippen LogP contribution in [0.1, 0.15) is 25.6 Å². The molecule has 4 heteroatoms. The Balaban J connectivity index is 2.54. The van der Waals surface area contributed by atoms with E-state index in [9.17, 15) is 10.2 Å². The third-order valence-corrected chi connectivity index (χ3v) is 2.95. The molecule has 1 aromatic rings. The lowest BCUT2D eigenvalue weighted by atomic mass is 9.85. The monoisotopic (exact) mass is 215 g/mol. The van der Waals surface area contributed by atoms with Crippen LogP contribution in [0.3, 0.4) is 0 Å². The zero-order valence-electron chi connectivity index (χ0n) is 8.77. The standard InChI is InChI=1S/C10H17NO2S/c1-10(2,3)9(13)8(12)4-7-5-11-6-14-7/h5-6,8-9,12-13H,4H2,1-3H3. The molecule has 0 aliphatic rings. The molecule has 0 aromatic carbocycles. The van der Waals surface area contributed by atoms with E-state index < -0.39 is 12.2 Å². The van der Waals surface area contributed by atoms with Crippen molar-refractivity contribution in [3.05, 3.63) is 16.6 Å². The predicted molar refractivity (Wildman–Crippen MR) is 57.3 cm³/mol. The molecule has 80 valence electrons. The van der Waals surface area contributed by atoms with Crippen molar-refractivity contribution in [1.29, 1.82) is 0 Å². The SMILES string of the molecule is CC(C)(C)C(O)C(O)Cc1cncs1. The average Bonchev–Trinajstić information content (AvgIpc) is 2.53. The highest BCUT2D eigenvalue weighted by Crippen LogP contribution is 2.24.